The van der Waals surface area contributed by atoms with E-state index in [4.69, 9.17) is 4.74 Å². The molecular weight excluding hydrogens is 316 g/mol. The number of benzene rings is 2. The Hall–Kier alpha value is -2.82. The van der Waals surface area contributed by atoms with E-state index in [1.807, 2.05) is 63.2 Å². The highest BCUT2D eigenvalue weighted by molar-refractivity contribution is 6.23. The van der Waals surface area contributed by atoms with Crippen molar-refractivity contribution in [2.75, 3.05) is 16.8 Å². The molecule has 2 aromatic carbocycles. The average Bonchev–Trinajstić information content (AvgIpc) is 2.84. The third-order valence-electron chi connectivity index (χ3n) is 4.25. The van der Waals surface area contributed by atoms with Crippen LogP contribution in [-0.4, -0.2) is 24.5 Å². The number of hydrogen-bond acceptors (Lipinski definition) is 4. The third kappa shape index (κ3) is 3.50. The molecule has 2 amide bonds. The van der Waals surface area contributed by atoms with Crippen LogP contribution in [0, 0.1) is 13.8 Å². The molecule has 0 aliphatic carbocycles. The number of carbonyl (C=O) groups is 2. The molecule has 1 aliphatic heterocycles. The molecule has 1 fully saturated rings. The lowest BCUT2D eigenvalue weighted by molar-refractivity contribution is -0.121. The highest BCUT2D eigenvalue weighted by Crippen LogP contribution is 2.28. The fourth-order valence-corrected chi connectivity index (χ4v) is 3.07. The van der Waals surface area contributed by atoms with E-state index < -0.39 is 6.04 Å². The minimum atomic E-state index is -0.550. The zero-order valence-corrected chi connectivity index (χ0v) is 14.7. The van der Waals surface area contributed by atoms with Gasteiger partial charge in [0.05, 0.1) is 18.7 Å². The van der Waals surface area contributed by atoms with E-state index in [1.54, 1.807) is 0 Å². The second-order valence-electron chi connectivity index (χ2n) is 6.22. The molecule has 5 heteroatoms. The predicted octanol–water partition coefficient (Wildman–Crippen LogP) is 3.45. The van der Waals surface area contributed by atoms with Crippen LogP contribution < -0.4 is 15.0 Å². The second-order valence-corrected chi connectivity index (χ2v) is 6.22. The summed E-state index contributed by atoms with van der Waals surface area (Å²) >= 11 is 0. The molecule has 0 aromatic heterocycles. The molecular formula is C20H22N2O3. The lowest BCUT2D eigenvalue weighted by atomic mass is 10.1. The largest absolute Gasteiger partial charge is 0.494 e. The Kier molecular flexibility index (Phi) is 4.74. The highest BCUT2D eigenvalue weighted by atomic mass is 16.5. The molecule has 3 rings (SSSR count). The van der Waals surface area contributed by atoms with Crippen LogP contribution >= 0.6 is 0 Å². The minimum absolute atomic E-state index is 0.152. The molecule has 5 nitrogen and oxygen atoms in total. The number of ether oxygens (including phenoxy) is 1. The lowest BCUT2D eigenvalue weighted by Crippen LogP contribution is -2.35. The van der Waals surface area contributed by atoms with E-state index in [2.05, 4.69) is 5.32 Å². The van der Waals surface area contributed by atoms with Gasteiger partial charge in [0.2, 0.25) is 5.91 Å². The third-order valence-corrected chi connectivity index (χ3v) is 4.25. The number of amides is 2. The van der Waals surface area contributed by atoms with Crippen LogP contribution in [0.4, 0.5) is 11.4 Å². The standard InChI is InChI=1S/C20H22N2O3/c1-4-25-16-8-6-15(7-9-16)21-17-12-19(23)22(20(17)24)18-10-5-13(2)11-14(18)3/h5-11,17,21H,4,12H2,1-3H3/t17-/m1/s1. The molecule has 25 heavy (non-hydrogen) atoms. The fourth-order valence-electron chi connectivity index (χ4n) is 3.07. The topological polar surface area (TPSA) is 58.6 Å². The molecule has 2 aromatic rings. The van der Waals surface area contributed by atoms with Gasteiger partial charge >= 0.3 is 0 Å². The van der Waals surface area contributed by atoms with E-state index in [1.165, 1.54) is 4.90 Å². The Morgan fingerprint density at radius 2 is 1.84 bits per heavy atom. The number of aryl methyl sites for hydroxylation is 2. The van der Waals surface area contributed by atoms with Gasteiger partial charge in [0, 0.05) is 5.69 Å². The van der Waals surface area contributed by atoms with Crippen LogP contribution in [0.1, 0.15) is 24.5 Å². The van der Waals surface area contributed by atoms with Crippen LogP contribution in [0.25, 0.3) is 0 Å². The number of imide groups is 1. The monoisotopic (exact) mass is 338 g/mol. The Labute approximate surface area is 147 Å². The van der Waals surface area contributed by atoms with Gasteiger partial charge in [-0.1, -0.05) is 17.7 Å². The van der Waals surface area contributed by atoms with Crippen LogP contribution in [0.3, 0.4) is 0 Å². The van der Waals surface area contributed by atoms with Crippen molar-refractivity contribution in [2.45, 2.75) is 33.2 Å². The van der Waals surface area contributed by atoms with Crippen molar-refractivity contribution in [1.82, 2.24) is 0 Å². The fraction of sp³-hybridized carbons (Fsp3) is 0.300. The van der Waals surface area contributed by atoms with E-state index in [0.717, 1.165) is 22.6 Å². The normalized spacial score (nSPS) is 17.1. The van der Waals surface area contributed by atoms with Gasteiger partial charge < -0.3 is 10.1 Å². The van der Waals surface area contributed by atoms with Crippen LogP contribution in [0.5, 0.6) is 5.75 Å². The van der Waals surface area contributed by atoms with Gasteiger partial charge in [0.25, 0.3) is 5.91 Å². The van der Waals surface area contributed by atoms with Gasteiger partial charge in [0.1, 0.15) is 11.8 Å². The molecule has 0 unspecified atom stereocenters. The molecule has 1 heterocycles. The average molecular weight is 338 g/mol. The van der Waals surface area contributed by atoms with Crippen molar-refractivity contribution >= 4 is 23.2 Å². The number of nitrogens with zero attached hydrogens (tertiary/aromatic N) is 1. The summed E-state index contributed by atoms with van der Waals surface area (Å²) in [6.07, 6.45) is 0.152. The van der Waals surface area contributed by atoms with Gasteiger partial charge in [-0.3, -0.25) is 9.59 Å². The summed E-state index contributed by atoms with van der Waals surface area (Å²) in [5, 5.41) is 3.15. The van der Waals surface area contributed by atoms with Gasteiger partial charge in [-0.2, -0.15) is 0 Å². The summed E-state index contributed by atoms with van der Waals surface area (Å²) < 4.78 is 5.41. The van der Waals surface area contributed by atoms with Crippen molar-refractivity contribution < 1.29 is 14.3 Å². The first-order chi connectivity index (χ1) is 12.0. The SMILES string of the molecule is CCOc1ccc(N[C@@H]2CC(=O)N(c3ccc(C)cc3C)C2=O)cc1. The Morgan fingerprint density at radius 1 is 1.12 bits per heavy atom. The Bertz CT molecular complexity index is 799. The maximum absolute atomic E-state index is 12.7. The van der Waals surface area contributed by atoms with Crippen molar-refractivity contribution in [3.63, 3.8) is 0 Å². The van der Waals surface area contributed by atoms with Crippen molar-refractivity contribution in [1.29, 1.82) is 0 Å². The molecule has 0 bridgehead atoms. The molecule has 0 spiro atoms. The number of anilines is 2. The molecule has 0 radical (unpaired) electrons. The number of carbonyl (C=O) groups excluding carboxylic acids is 2. The van der Waals surface area contributed by atoms with Crippen LogP contribution in [0.2, 0.25) is 0 Å². The quantitative estimate of drug-likeness (QED) is 0.849. The lowest BCUT2D eigenvalue weighted by Gasteiger charge is -2.18. The Morgan fingerprint density at radius 3 is 2.48 bits per heavy atom. The maximum Gasteiger partial charge on any atom is 0.256 e. The summed E-state index contributed by atoms with van der Waals surface area (Å²) in [6.45, 7) is 6.43. The number of hydrogen-bond donors (Lipinski definition) is 1. The van der Waals surface area contributed by atoms with Crippen molar-refractivity contribution in [3.8, 4) is 5.75 Å². The van der Waals surface area contributed by atoms with Crippen molar-refractivity contribution in [3.05, 3.63) is 53.6 Å². The zero-order valence-electron chi connectivity index (χ0n) is 14.7. The van der Waals surface area contributed by atoms with Crippen LogP contribution in [-0.2, 0) is 9.59 Å². The first-order valence-corrected chi connectivity index (χ1v) is 8.43. The maximum atomic E-state index is 12.7. The van der Waals surface area contributed by atoms with Gasteiger partial charge in [-0.15, -0.1) is 0 Å². The van der Waals surface area contributed by atoms with E-state index in [9.17, 15) is 9.59 Å². The first-order valence-electron chi connectivity index (χ1n) is 8.43. The van der Waals surface area contributed by atoms with Gasteiger partial charge in [-0.05, 0) is 56.7 Å². The zero-order chi connectivity index (χ0) is 18.0. The summed E-state index contributed by atoms with van der Waals surface area (Å²) in [4.78, 5) is 26.4. The molecule has 130 valence electrons. The summed E-state index contributed by atoms with van der Waals surface area (Å²) in [7, 11) is 0. The molecule has 1 atom stereocenters. The van der Waals surface area contributed by atoms with E-state index in [-0.39, 0.29) is 18.2 Å². The van der Waals surface area contributed by atoms with Crippen molar-refractivity contribution in [2.24, 2.45) is 0 Å². The number of rotatable bonds is 5. The van der Waals surface area contributed by atoms with Crippen LogP contribution in [0.15, 0.2) is 42.5 Å². The number of nitrogens with one attached hydrogen (secondary N) is 1. The molecule has 0 saturated carbocycles. The summed E-state index contributed by atoms with van der Waals surface area (Å²) in [5.41, 5.74) is 3.47. The molecule has 1 aliphatic rings. The summed E-state index contributed by atoms with van der Waals surface area (Å²) in [5.74, 6) is 0.380. The Balaban J connectivity index is 1.76. The minimum Gasteiger partial charge on any atom is -0.494 e. The summed E-state index contributed by atoms with van der Waals surface area (Å²) in [6, 6.07) is 12.6. The van der Waals surface area contributed by atoms with Gasteiger partial charge in [-0.25, -0.2) is 4.90 Å². The van der Waals surface area contributed by atoms with Gasteiger partial charge in [0.15, 0.2) is 0 Å². The second kappa shape index (κ2) is 6.97. The highest BCUT2D eigenvalue weighted by Gasteiger charge is 2.40. The van der Waals surface area contributed by atoms with E-state index in [0.29, 0.717) is 12.3 Å². The first kappa shape index (κ1) is 17.0. The molecule has 1 N–H and O–H groups in total. The predicted molar refractivity (Wildman–Crippen MR) is 98.0 cm³/mol. The smallest absolute Gasteiger partial charge is 0.256 e. The van der Waals surface area contributed by atoms with E-state index >= 15 is 0 Å². The molecule has 1 saturated heterocycles.